The number of alkyl halides is 6. The highest BCUT2D eigenvalue weighted by Gasteiger charge is 2.39. The van der Waals surface area contributed by atoms with Crippen LogP contribution in [0.15, 0.2) is 133 Å². The molecule has 2 aromatic heterocycles. The molecule has 0 spiro atoms. The molecule has 0 saturated carbocycles. The summed E-state index contributed by atoms with van der Waals surface area (Å²) in [6, 6.07) is 36.9. The van der Waals surface area contributed by atoms with E-state index in [9.17, 15) is 26.3 Å². The summed E-state index contributed by atoms with van der Waals surface area (Å²) >= 11 is 0. The molecule has 2 heterocycles. The SMILES string of the molecule is CC.Cc1ccc2c(c1)c1cc(C)ccc1n2-c1ccc(-c2ccc(C(F)(F)F)cc2C(F)(F)F)c(-c2nc(-c3ccccc3)nc(-c3ccccc3)n2)c1. The van der Waals surface area contributed by atoms with E-state index in [2.05, 4.69) is 12.1 Å². The molecular formula is C45H34F6N4. The van der Waals surface area contributed by atoms with Crippen LogP contribution in [-0.4, -0.2) is 19.5 Å². The lowest BCUT2D eigenvalue weighted by molar-refractivity contribution is -0.142. The molecule has 55 heavy (non-hydrogen) atoms. The van der Waals surface area contributed by atoms with Crippen LogP contribution in [0.5, 0.6) is 0 Å². The van der Waals surface area contributed by atoms with Crippen molar-refractivity contribution in [1.29, 1.82) is 0 Å². The van der Waals surface area contributed by atoms with Gasteiger partial charge in [-0.1, -0.05) is 110 Å². The van der Waals surface area contributed by atoms with Gasteiger partial charge in [-0.15, -0.1) is 0 Å². The molecule has 4 nitrogen and oxygen atoms in total. The number of rotatable bonds is 5. The Bertz CT molecular complexity index is 2550. The zero-order valence-corrected chi connectivity index (χ0v) is 30.3. The smallest absolute Gasteiger partial charge is 0.309 e. The molecule has 8 rings (SSSR count). The second kappa shape index (κ2) is 14.5. The van der Waals surface area contributed by atoms with E-state index in [1.165, 1.54) is 6.07 Å². The van der Waals surface area contributed by atoms with Gasteiger partial charge in [0.05, 0.1) is 22.2 Å². The Balaban J connectivity index is 0.00000229. The first-order valence-corrected chi connectivity index (χ1v) is 17.7. The molecule has 0 aliphatic rings. The van der Waals surface area contributed by atoms with Crippen molar-refractivity contribution in [2.75, 3.05) is 0 Å². The highest BCUT2D eigenvalue weighted by atomic mass is 19.4. The Morgan fingerprint density at radius 1 is 0.455 bits per heavy atom. The third-order valence-corrected chi connectivity index (χ3v) is 9.22. The quantitative estimate of drug-likeness (QED) is 0.165. The second-order valence-corrected chi connectivity index (χ2v) is 12.9. The maximum absolute atomic E-state index is 14.7. The summed E-state index contributed by atoms with van der Waals surface area (Å²) in [6.45, 7) is 8.01. The number of aryl methyl sites for hydroxylation is 2. The molecule has 0 N–H and O–H groups in total. The number of nitrogens with zero attached hydrogens (tertiary/aromatic N) is 4. The largest absolute Gasteiger partial charge is 0.417 e. The highest BCUT2D eigenvalue weighted by Crippen LogP contribution is 2.45. The van der Waals surface area contributed by atoms with E-state index >= 15 is 0 Å². The summed E-state index contributed by atoms with van der Waals surface area (Å²) in [5, 5.41) is 1.99. The molecule has 0 aliphatic heterocycles. The normalized spacial score (nSPS) is 11.8. The molecule has 0 atom stereocenters. The predicted molar refractivity (Wildman–Crippen MR) is 207 cm³/mol. The number of benzene rings is 6. The lowest BCUT2D eigenvalue weighted by Crippen LogP contribution is -2.12. The fraction of sp³-hybridized carbons (Fsp3) is 0.133. The maximum atomic E-state index is 14.7. The van der Waals surface area contributed by atoms with Gasteiger partial charge in [0.25, 0.3) is 0 Å². The minimum absolute atomic E-state index is 0.00600. The molecule has 0 fully saturated rings. The van der Waals surface area contributed by atoms with Gasteiger partial charge in [-0.25, -0.2) is 15.0 Å². The first-order chi connectivity index (χ1) is 26.3. The van der Waals surface area contributed by atoms with Gasteiger partial charge < -0.3 is 4.57 Å². The Labute approximate surface area is 313 Å². The molecule has 8 aromatic rings. The number of halogens is 6. The Hall–Kier alpha value is -6.29. The predicted octanol–water partition coefficient (Wildman–Crippen LogP) is 13.3. The summed E-state index contributed by atoms with van der Waals surface area (Å²) in [7, 11) is 0. The van der Waals surface area contributed by atoms with Crippen molar-refractivity contribution in [3.05, 3.63) is 156 Å². The van der Waals surface area contributed by atoms with E-state index in [1.54, 1.807) is 12.1 Å². The van der Waals surface area contributed by atoms with Crippen LogP contribution in [0.1, 0.15) is 36.1 Å². The molecule has 0 amide bonds. The second-order valence-electron chi connectivity index (χ2n) is 12.9. The summed E-state index contributed by atoms with van der Waals surface area (Å²) in [6.07, 6.45) is -10.1. The van der Waals surface area contributed by atoms with Gasteiger partial charge in [0.15, 0.2) is 17.5 Å². The van der Waals surface area contributed by atoms with Crippen molar-refractivity contribution in [2.45, 2.75) is 40.0 Å². The van der Waals surface area contributed by atoms with Gasteiger partial charge >= 0.3 is 12.4 Å². The van der Waals surface area contributed by atoms with Crippen LogP contribution in [0, 0.1) is 13.8 Å². The van der Waals surface area contributed by atoms with E-state index in [-0.39, 0.29) is 34.7 Å². The van der Waals surface area contributed by atoms with Crippen LogP contribution in [-0.2, 0) is 12.4 Å². The van der Waals surface area contributed by atoms with E-state index in [0.29, 0.717) is 22.9 Å². The Morgan fingerprint density at radius 2 is 0.945 bits per heavy atom. The van der Waals surface area contributed by atoms with Gasteiger partial charge in [-0.2, -0.15) is 26.3 Å². The van der Waals surface area contributed by atoms with Crippen LogP contribution < -0.4 is 0 Å². The number of hydrogen-bond acceptors (Lipinski definition) is 3. The topological polar surface area (TPSA) is 43.6 Å². The Morgan fingerprint density at radius 3 is 1.44 bits per heavy atom. The van der Waals surface area contributed by atoms with Crippen molar-refractivity contribution < 1.29 is 26.3 Å². The number of fused-ring (bicyclic) bond motifs is 3. The standard InChI is InChI=1S/C43H28F6N4.C2H6/c1-25-13-19-37-33(21-25)34-22-26(2)14-20-38(34)53(37)30-16-18-31(32-17-15-29(42(44,45)46)23-36(32)43(47,48)49)35(24-30)41-51-39(27-9-5-3-6-10-27)50-40(52-41)28-11-7-4-8-12-28;1-2/h3-24H,1-2H3;1-2H3. The Kier molecular flexibility index (Phi) is 9.77. The monoisotopic (exact) mass is 744 g/mol. The number of aromatic nitrogens is 4. The first kappa shape index (κ1) is 37.0. The van der Waals surface area contributed by atoms with Crippen LogP contribution in [0.4, 0.5) is 26.3 Å². The average Bonchev–Trinajstić information content (AvgIpc) is 3.50. The van der Waals surface area contributed by atoms with Crippen molar-refractivity contribution in [1.82, 2.24) is 19.5 Å². The van der Waals surface area contributed by atoms with E-state index in [1.807, 2.05) is 117 Å². The van der Waals surface area contributed by atoms with Crippen LogP contribution in [0.3, 0.4) is 0 Å². The molecule has 10 heteroatoms. The van der Waals surface area contributed by atoms with Crippen LogP contribution in [0.25, 0.3) is 72.8 Å². The zero-order chi connectivity index (χ0) is 39.1. The minimum atomic E-state index is -5.11. The van der Waals surface area contributed by atoms with Gasteiger partial charge in [0.1, 0.15) is 0 Å². The minimum Gasteiger partial charge on any atom is -0.309 e. The van der Waals surface area contributed by atoms with E-state index < -0.39 is 29.0 Å². The first-order valence-electron chi connectivity index (χ1n) is 17.7. The van der Waals surface area contributed by atoms with Gasteiger partial charge in [0.2, 0.25) is 0 Å². The van der Waals surface area contributed by atoms with E-state index in [4.69, 9.17) is 15.0 Å². The third kappa shape index (κ3) is 7.19. The summed E-state index contributed by atoms with van der Waals surface area (Å²) in [4.78, 5) is 14.4. The van der Waals surface area contributed by atoms with Crippen molar-refractivity contribution in [2.24, 2.45) is 0 Å². The van der Waals surface area contributed by atoms with Crippen molar-refractivity contribution >= 4 is 21.8 Å². The fourth-order valence-electron chi connectivity index (χ4n) is 6.74. The van der Waals surface area contributed by atoms with Gasteiger partial charge in [-0.05, 0) is 73.5 Å². The van der Waals surface area contributed by atoms with Gasteiger partial charge in [-0.3, -0.25) is 0 Å². The van der Waals surface area contributed by atoms with E-state index in [0.717, 1.165) is 39.0 Å². The average molecular weight is 745 g/mol. The van der Waals surface area contributed by atoms with Crippen LogP contribution in [0.2, 0.25) is 0 Å². The summed E-state index contributed by atoms with van der Waals surface area (Å²) in [5.41, 5.74) is 2.65. The molecule has 0 aliphatic carbocycles. The van der Waals surface area contributed by atoms with Crippen molar-refractivity contribution in [3.8, 4) is 51.0 Å². The van der Waals surface area contributed by atoms with Crippen LogP contribution >= 0.6 is 0 Å². The molecule has 0 radical (unpaired) electrons. The number of hydrogen-bond donors (Lipinski definition) is 0. The molecule has 276 valence electrons. The third-order valence-electron chi connectivity index (χ3n) is 9.22. The maximum Gasteiger partial charge on any atom is 0.417 e. The fourth-order valence-corrected chi connectivity index (χ4v) is 6.74. The molecule has 0 bridgehead atoms. The lowest BCUT2D eigenvalue weighted by Gasteiger charge is -2.19. The summed E-state index contributed by atoms with van der Waals surface area (Å²) < 4.78 is 87.4. The van der Waals surface area contributed by atoms with Crippen molar-refractivity contribution in [3.63, 3.8) is 0 Å². The zero-order valence-electron chi connectivity index (χ0n) is 30.3. The molecule has 0 saturated heterocycles. The summed E-state index contributed by atoms with van der Waals surface area (Å²) in [5.74, 6) is 0.601. The molecule has 6 aromatic carbocycles. The molecule has 0 unspecified atom stereocenters. The lowest BCUT2D eigenvalue weighted by atomic mass is 9.92. The highest BCUT2D eigenvalue weighted by molar-refractivity contribution is 6.10. The van der Waals surface area contributed by atoms with Gasteiger partial charge in [0, 0.05) is 33.2 Å². The molecular weight excluding hydrogens is 711 g/mol.